The van der Waals surface area contributed by atoms with Crippen LogP contribution in [0.3, 0.4) is 0 Å². The van der Waals surface area contributed by atoms with Crippen LogP contribution in [-0.4, -0.2) is 54.9 Å². The number of benzene rings is 3. The number of rotatable bonds is 11. The van der Waals surface area contributed by atoms with Crippen molar-refractivity contribution in [2.45, 2.75) is 45.4 Å². The van der Waals surface area contributed by atoms with Gasteiger partial charge in [0.25, 0.3) is 0 Å². The van der Waals surface area contributed by atoms with Crippen LogP contribution in [0.15, 0.2) is 66.9 Å². The standard InChI is InChI=1S/C35H42FN3O4/c1-35(2,3)25-6-8-26(9-7-25)38-30-11-10-27(20-29(30)36)43-32-12-15-37-31-22-34(33(41-4)21-28(31)32)42-19-5-16-39-17-13-24(23-40)14-18-39/h6-12,15,20-22,24,38,40H,5,13-14,16-19,23H2,1-4H3. The quantitative estimate of drug-likeness (QED) is 0.174. The average molecular weight is 588 g/mol. The Hall–Kier alpha value is -3.88. The first-order valence-electron chi connectivity index (χ1n) is 15.0. The first kappa shape index (κ1) is 30.6. The molecule has 1 fully saturated rings. The fourth-order valence-electron chi connectivity index (χ4n) is 5.35. The summed E-state index contributed by atoms with van der Waals surface area (Å²) in [5.74, 6) is 2.14. The summed E-state index contributed by atoms with van der Waals surface area (Å²) in [6.45, 7) is 10.3. The van der Waals surface area contributed by atoms with Crippen LogP contribution in [0, 0.1) is 11.7 Å². The van der Waals surface area contributed by atoms with Gasteiger partial charge in [0.1, 0.15) is 17.3 Å². The summed E-state index contributed by atoms with van der Waals surface area (Å²) in [4.78, 5) is 6.93. The lowest BCUT2D eigenvalue weighted by Crippen LogP contribution is -2.35. The molecule has 8 heteroatoms. The number of hydrogen-bond donors (Lipinski definition) is 2. The topological polar surface area (TPSA) is 76.1 Å². The largest absolute Gasteiger partial charge is 0.493 e. The number of nitrogens with zero attached hydrogens (tertiary/aromatic N) is 2. The second-order valence-corrected chi connectivity index (χ2v) is 12.2. The molecule has 1 aliphatic rings. The molecule has 1 saturated heterocycles. The average Bonchev–Trinajstić information content (AvgIpc) is 3.00. The molecule has 0 saturated carbocycles. The van der Waals surface area contributed by atoms with Crippen molar-refractivity contribution in [1.29, 1.82) is 0 Å². The summed E-state index contributed by atoms with van der Waals surface area (Å²) >= 11 is 0. The number of anilines is 2. The molecule has 43 heavy (non-hydrogen) atoms. The summed E-state index contributed by atoms with van der Waals surface area (Å²) in [6.07, 6.45) is 4.65. The number of ether oxygens (including phenoxy) is 3. The minimum Gasteiger partial charge on any atom is -0.493 e. The number of piperidine rings is 1. The molecular weight excluding hydrogens is 545 g/mol. The summed E-state index contributed by atoms with van der Waals surface area (Å²) in [5, 5.41) is 13.2. The van der Waals surface area contributed by atoms with Gasteiger partial charge >= 0.3 is 0 Å². The molecule has 4 aromatic rings. The molecule has 0 bridgehead atoms. The van der Waals surface area contributed by atoms with Crippen LogP contribution in [-0.2, 0) is 5.41 Å². The van der Waals surface area contributed by atoms with Gasteiger partial charge in [-0.2, -0.15) is 0 Å². The molecule has 2 heterocycles. The molecule has 0 amide bonds. The van der Waals surface area contributed by atoms with E-state index in [0.29, 0.717) is 46.7 Å². The van der Waals surface area contributed by atoms with Gasteiger partial charge in [-0.1, -0.05) is 32.9 Å². The lowest BCUT2D eigenvalue weighted by Gasteiger charge is -2.30. The van der Waals surface area contributed by atoms with E-state index in [2.05, 4.69) is 48.1 Å². The highest BCUT2D eigenvalue weighted by atomic mass is 19.1. The van der Waals surface area contributed by atoms with Crippen LogP contribution in [0.25, 0.3) is 10.9 Å². The Morgan fingerprint density at radius 2 is 1.74 bits per heavy atom. The van der Waals surface area contributed by atoms with Crippen LogP contribution in [0.4, 0.5) is 15.8 Å². The van der Waals surface area contributed by atoms with Crippen molar-refractivity contribution in [3.8, 4) is 23.0 Å². The molecule has 0 radical (unpaired) electrons. The molecule has 228 valence electrons. The summed E-state index contributed by atoms with van der Waals surface area (Å²) in [5.41, 5.74) is 3.14. The molecule has 1 aromatic heterocycles. The summed E-state index contributed by atoms with van der Waals surface area (Å²) in [7, 11) is 1.61. The molecule has 0 unspecified atom stereocenters. The Balaban J connectivity index is 1.23. The van der Waals surface area contributed by atoms with Crippen molar-refractivity contribution < 1.29 is 23.7 Å². The van der Waals surface area contributed by atoms with Gasteiger partial charge in [0.15, 0.2) is 11.5 Å². The molecule has 0 aliphatic carbocycles. The SMILES string of the molecule is COc1cc2c(Oc3ccc(Nc4ccc(C(C)(C)C)cc4)c(F)c3)ccnc2cc1OCCCN1CCC(CO)CC1. The molecule has 2 N–H and O–H groups in total. The molecule has 5 rings (SSSR count). The van der Waals surface area contributed by atoms with Gasteiger partial charge in [0.2, 0.25) is 0 Å². The van der Waals surface area contributed by atoms with Crippen molar-refractivity contribution in [2.75, 3.05) is 45.3 Å². The van der Waals surface area contributed by atoms with Gasteiger partial charge in [-0.3, -0.25) is 4.98 Å². The Bertz CT molecular complexity index is 1510. The van der Waals surface area contributed by atoms with Gasteiger partial charge in [-0.05, 0) is 85.6 Å². The van der Waals surface area contributed by atoms with E-state index in [9.17, 15) is 5.11 Å². The number of fused-ring (bicyclic) bond motifs is 1. The third kappa shape index (κ3) is 7.75. The maximum Gasteiger partial charge on any atom is 0.163 e. The number of aliphatic hydroxyl groups is 1. The van der Waals surface area contributed by atoms with E-state index in [1.165, 1.54) is 11.6 Å². The maximum absolute atomic E-state index is 15.1. The number of pyridine rings is 1. The van der Waals surface area contributed by atoms with E-state index in [4.69, 9.17) is 14.2 Å². The van der Waals surface area contributed by atoms with Crippen molar-refractivity contribution >= 4 is 22.3 Å². The van der Waals surface area contributed by atoms with Gasteiger partial charge in [-0.15, -0.1) is 0 Å². The monoisotopic (exact) mass is 587 g/mol. The van der Waals surface area contributed by atoms with Crippen LogP contribution < -0.4 is 19.5 Å². The zero-order chi connectivity index (χ0) is 30.4. The molecular formula is C35H42FN3O4. The lowest BCUT2D eigenvalue weighted by molar-refractivity contribution is 0.126. The fourth-order valence-corrected chi connectivity index (χ4v) is 5.35. The zero-order valence-corrected chi connectivity index (χ0v) is 25.5. The number of likely N-dealkylation sites (tertiary alicyclic amines) is 1. The highest BCUT2D eigenvalue weighted by molar-refractivity contribution is 5.88. The Kier molecular flexibility index (Phi) is 9.68. The van der Waals surface area contributed by atoms with E-state index >= 15 is 4.39 Å². The third-order valence-electron chi connectivity index (χ3n) is 8.03. The summed E-state index contributed by atoms with van der Waals surface area (Å²) in [6, 6.07) is 18.3. The van der Waals surface area contributed by atoms with Crippen LogP contribution in [0.5, 0.6) is 23.0 Å². The Labute approximate surface area is 253 Å². The Morgan fingerprint density at radius 3 is 2.42 bits per heavy atom. The normalized spacial score (nSPS) is 14.6. The van der Waals surface area contributed by atoms with Gasteiger partial charge in [-0.25, -0.2) is 4.39 Å². The van der Waals surface area contributed by atoms with E-state index < -0.39 is 5.82 Å². The number of aromatic nitrogens is 1. The lowest BCUT2D eigenvalue weighted by atomic mass is 9.87. The van der Waals surface area contributed by atoms with Crippen LogP contribution >= 0.6 is 0 Å². The van der Waals surface area contributed by atoms with Crippen molar-refractivity contribution in [3.63, 3.8) is 0 Å². The molecule has 0 spiro atoms. The van der Waals surface area contributed by atoms with E-state index in [1.807, 2.05) is 24.3 Å². The minimum atomic E-state index is -0.415. The van der Waals surface area contributed by atoms with E-state index in [1.54, 1.807) is 31.5 Å². The predicted molar refractivity (Wildman–Crippen MR) is 170 cm³/mol. The van der Waals surface area contributed by atoms with E-state index in [-0.39, 0.29) is 12.0 Å². The maximum atomic E-state index is 15.1. The van der Waals surface area contributed by atoms with Gasteiger partial charge in [0, 0.05) is 42.6 Å². The Morgan fingerprint density at radius 1 is 0.977 bits per heavy atom. The third-order valence-corrected chi connectivity index (χ3v) is 8.03. The molecule has 1 aliphatic heterocycles. The molecule has 7 nitrogen and oxygen atoms in total. The fraction of sp³-hybridized carbons (Fsp3) is 0.400. The summed E-state index contributed by atoms with van der Waals surface area (Å²) < 4.78 is 33.0. The van der Waals surface area contributed by atoms with Crippen molar-refractivity contribution in [3.05, 3.63) is 78.2 Å². The number of methoxy groups -OCH3 is 1. The van der Waals surface area contributed by atoms with Crippen LogP contribution in [0.2, 0.25) is 0 Å². The number of nitrogens with one attached hydrogen (secondary N) is 1. The van der Waals surface area contributed by atoms with Crippen LogP contribution in [0.1, 0.15) is 45.6 Å². The second-order valence-electron chi connectivity index (χ2n) is 12.2. The van der Waals surface area contributed by atoms with Crippen molar-refractivity contribution in [1.82, 2.24) is 9.88 Å². The number of halogens is 1. The first-order chi connectivity index (χ1) is 20.7. The van der Waals surface area contributed by atoms with Crippen molar-refractivity contribution in [2.24, 2.45) is 5.92 Å². The van der Waals surface area contributed by atoms with Gasteiger partial charge in [0.05, 0.1) is 24.9 Å². The highest BCUT2D eigenvalue weighted by Gasteiger charge is 2.18. The predicted octanol–water partition coefficient (Wildman–Crippen LogP) is 7.69. The number of hydrogen-bond acceptors (Lipinski definition) is 7. The van der Waals surface area contributed by atoms with E-state index in [0.717, 1.165) is 50.0 Å². The molecule has 0 atom stereocenters. The van der Waals surface area contributed by atoms with Gasteiger partial charge < -0.3 is 29.5 Å². The minimum absolute atomic E-state index is 0.0535. The molecule has 3 aromatic carbocycles. The highest BCUT2D eigenvalue weighted by Crippen LogP contribution is 2.38. The smallest absolute Gasteiger partial charge is 0.163 e. The first-order valence-corrected chi connectivity index (χ1v) is 15.0. The zero-order valence-electron chi connectivity index (χ0n) is 25.5. The number of aliphatic hydroxyl groups excluding tert-OH is 1. The second kappa shape index (κ2) is 13.6.